The zero-order valence-corrected chi connectivity index (χ0v) is 15.9. The van der Waals surface area contributed by atoms with Crippen LogP contribution < -0.4 is 5.32 Å². The van der Waals surface area contributed by atoms with Crippen LogP contribution in [0, 0.1) is 0 Å². The largest absolute Gasteiger partial charge is 0.467 e. The highest BCUT2D eigenvalue weighted by atomic mass is 16.5. The Morgan fingerprint density at radius 1 is 1.25 bits per heavy atom. The third-order valence-corrected chi connectivity index (χ3v) is 4.90. The smallest absolute Gasteiger partial charge is 0.255 e. The van der Waals surface area contributed by atoms with Crippen LogP contribution in [0.3, 0.4) is 0 Å². The molecule has 0 bridgehead atoms. The Morgan fingerprint density at radius 2 is 2.07 bits per heavy atom. The first-order valence-corrected chi connectivity index (χ1v) is 9.48. The molecular formula is C21H24N4O3. The average molecular weight is 380 g/mol. The van der Waals surface area contributed by atoms with Crippen LogP contribution >= 0.6 is 0 Å². The third-order valence-electron chi connectivity index (χ3n) is 4.90. The van der Waals surface area contributed by atoms with E-state index < -0.39 is 0 Å². The van der Waals surface area contributed by atoms with Gasteiger partial charge in [-0.2, -0.15) is 5.10 Å². The summed E-state index contributed by atoms with van der Waals surface area (Å²) in [6, 6.07) is 11.4. The van der Waals surface area contributed by atoms with Crippen LogP contribution in [0.4, 0.5) is 0 Å². The Bertz CT molecular complexity index is 913. The van der Waals surface area contributed by atoms with Crippen molar-refractivity contribution >= 4 is 5.91 Å². The van der Waals surface area contributed by atoms with Crippen molar-refractivity contribution in [2.75, 3.05) is 26.3 Å². The highest BCUT2D eigenvalue weighted by Crippen LogP contribution is 2.22. The van der Waals surface area contributed by atoms with Crippen molar-refractivity contribution in [2.45, 2.75) is 19.5 Å². The summed E-state index contributed by atoms with van der Waals surface area (Å²) in [5.41, 5.74) is 2.48. The number of carbonyl (C=O) groups is 1. The second kappa shape index (κ2) is 8.41. The number of hydrogen-bond acceptors (Lipinski definition) is 5. The van der Waals surface area contributed by atoms with Crippen molar-refractivity contribution in [1.82, 2.24) is 20.0 Å². The molecule has 1 saturated heterocycles. The molecule has 0 radical (unpaired) electrons. The van der Waals surface area contributed by atoms with E-state index in [1.807, 2.05) is 49.5 Å². The van der Waals surface area contributed by atoms with Crippen LogP contribution in [0.5, 0.6) is 0 Å². The molecule has 28 heavy (non-hydrogen) atoms. The van der Waals surface area contributed by atoms with Gasteiger partial charge in [-0.05, 0) is 30.7 Å². The number of morpholine rings is 1. The van der Waals surface area contributed by atoms with Gasteiger partial charge in [0.05, 0.1) is 37.1 Å². The molecule has 146 valence electrons. The molecule has 3 aromatic rings. The standard InChI is InChI=1S/C21H24N4O3/c1-16(19-5-2-3-6-20(19)25-8-4-7-22-25)23-21(26)17-13-18(28-15-17)14-24-9-11-27-12-10-24/h2-8,13,15-16H,9-12,14H2,1H3,(H,23,26). The van der Waals surface area contributed by atoms with Crippen LogP contribution in [-0.2, 0) is 11.3 Å². The van der Waals surface area contributed by atoms with Gasteiger partial charge in [0.25, 0.3) is 5.91 Å². The summed E-state index contributed by atoms with van der Waals surface area (Å²) in [6.45, 7) is 5.89. The Kier molecular flexibility index (Phi) is 5.55. The van der Waals surface area contributed by atoms with E-state index in [0.717, 1.165) is 43.3 Å². The van der Waals surface area contributed by atoms with Crippen molar-refractivity contribution in [3.8, 4) is 5.69 Å². The van der Waals surface area contributed by atoms with E-state index in [4.69, 9.17) is 9.15 Å². The Labute approximate surface area is 163 Å². The molecule has 7 heteroatoms. The molecule has 1 aromatic carbocycles. The average Bonchev–Trinajstić information content (AvgIpc) is 3.41. The molecular weight excluding hydrogens is 356 g/mol. The van der Waals surface area contributed by atoms with Gasteiger partial charge in [-0.15, -0.1) is 0 Å². The van der Waals surface area contributed by atoms with E-state index in [2.05, 4.69) is 15.3 Å². The molecule has 0 aliphatic carbocycles. The van der Waals surface area contributed by atoms with E-state index >= 15 is 0 Å². The Hall–Kier alpha value is -2.90. The summed E-state index contributed by atoms with van der Waals surface area (Å²) >= 11 is 0. The summed E-state index contributed by atoms with van der Waals surface area (Å²) in [4.78, 5) is 15.0. The predicted octanol–water partition coefficient (Wildman–Crippen LogP) is 2.79. The fourth-order valence-electron chi connectivity index (χ4n) is 3.39. The SMILES string of the molecule is CC(NC(=O)c1coc(CN2CCOCC2)c1)c1ccccc1-n1cccn1. The van der Waals surface area contributed by atoms with E-state index in [0.29, 0.717) is 12.1 Å². The molecule has 0 spiro atoms. The van der Waals surface area contributed by atoms with Gasteiger partial charge in [-0.1, -0.05) is 18.2 Å². The maximum Gasteiger partial charge on any atom is 0.255 e. The number of para-hydroxylation sites is 1. The first-order chi connectivity index (χ1) is 13.7. The van der Waals surface area contributed by atoms with Crippen molar-refractivity contribution in [3.05, 3.63) is 71.9 Å². The van der Waals surface area contributed by atoms with E-state index in [1.54, 1.807) is 10.9 Å². The molecule has 1 aliphatic heterocycles. The molecule has 0 saturated carbocycles. The summed E-state index contributed by atoms with van der Waals surface area (Å²) < 4.78 is 12.8. The van der Waals surface area contributed by atoms with Crippen molar-refractivity contribution < 1.29 is 13.9 Å². The lowest BCUT2D eigenvalue weighted by molar-refractivity contribution is 0.0313. The van der Waals surface area contributed by atoms with Gasteiger partial charge in [0.1, 0.15) is 12.0 Å². The van der Waals surface area contributed by atoms with Gasteiger partial charge in [-0.3, -0.25) is 9.69 Å². The van der Waals surface area contributed by atoms with Crippen LogP contribution in [0.1, 0.15) is 34.6 Å². The zero-order valence-electron chi connectivity index (χ0n) is 15.9. The summed E-state index contributed by atoms with van der Waals surface area (Å²) in [6.07, 6.45) is 5.15. The normalized spacial score (nSPS) is 16.0. The molecule has 3 heterocycles. The fourth-order valence-corrected chi connectivity index (χ4v) is 3.39. The van der Waals surface area contributed by atoms with Crippen molar-refractivity contribution in [2.24, 2.45) is 0 Å². The predicted molar refractivity (Wildman–Crippen MR) is 104 cm³/mol. The number of hydrogen-bond donors (Lipinski definition) is 1. The lowest BCUT2D eigenvalue weighted by Gasteiger charge is -2.25. The van der Waals surface area contributed by atoms with Crippen LogP contribution in [-0.4, -0.2) is 46.9 Å². The summed E-state index contributed by atoms with van der Waals surface area (Å²) in [5.74, 6) is 0.636. The maximum absolute atomic E-state index is 12.7. The van der Waals surface area contributed by atoms with Crippen LogP contribution in [0.15, 0.2) is 59.5 Å². The molecule has 1 atom stereocenters. The number of ether oxygens (including phenoxy) is 1. The Balaban J connectivity index is 1.43. The molecule has 1 fully saturated rings. The molecule has 1 N–H and O–H groups in total. The minimum Gasteiger partial charge on any atom is -0.467 e. The second-order valence-corrected chi connectivity index (χ2v) is 6.89. The fraction of sp³-hybridized carbons (Fsp3) is 0.333. The van der Waals surface area contributed by atoms with E-state index in [1.165, 1.54) is 6.26 Å². The zero-order chi connectivity index (χ0) is 19.3. The van der Waals surface area contributed by atoms with Crippen LogP contribution in [0.2, 0.25) is 0 Å². The van der Waals surface area contributed by atoms with E-state index in [9.17, 15) is 4.79 Å². The molecule has 1 amide bonds. The highest BCUT2D eigenvalue weighted by Gasteiger charge is 2.18. The number of benzene rings is 1. The number of carbonyl (C=O) groups excluding carboxylic acids is 1. The molecule has 1 aliphatic rings. The van der Waals surface area contributed by atoms with Gasteiger partial charge >= 0.3 is 0 Å². The maximum atomic E-state index is 12.7. The quantitative estimate of drug-likeness (QED) is 0.712. The first-order valence-electron chi connectivity index (χ1n) is 9.48. The highest BCUT2D eigenvalue weighted by molar-refractivity contribution is 5.94. The summed E-state index contributed by atoms with van der Waals surface area (Å²) in [5, 5.41) is 7.36. The third kappa shape index (κ3) is 4.16. The van der Waals surface area contributed by atoms with Crippen molar-refractivity contribution in [1.29, 1.82) is 0 Å². The number of rotatable bonds is 6. The lowest BCUT2D eigenvalue weighted by Crippen LogP contribution is -2.35. The number of furan rings is 1. The molecule has 4 rings (SSSR count). The number of nitrogens with one attached hydrogen (secondary N) is 1. The van der Waals surface area contributed by atoms with Gasteiger partial charge < -0.3 is 14.5 Å². The van der Waals surface area contributed by atoms with Gasteiger partial charge in [0, 0.05) is 25.5 Å². The van der Waals surface area contributed by atoms with Crippen LogP contribution in [0.25, 0.3) is 5.69 Å². The summed E-state index contributed by atoms with van der Waals surface area (Å²) in [7, 11) is 0. The topological polar surface area (TPSA) is 72.5 Å². The first kappa shape index (κ1) is 18.5. The lowest BCUT2D eigenvalue weighted by atomic mass is 10.1. The number of nitrogens with zero attached hydrogens (tertiary/aromatic N) is 3. The van der Waals surface area contributed by atoms with Gasteiger partial charge in [0.15, 0.2) is 0 Å². The van der Waals surface area contributed by atoms with Crippen molar-refractivity contribution in [3.63, 3.8) is 0 Å². The van der Waals surface area contributed by atoms with E-state index in [-0.39, 0.29) is 11.9 Å². The molecule has 1 unspecified atom stereocenters. The minimum absolute atomic E-state index is 0.153. The molecule has 2 aromatic heterocycles. The minimum atomic E-state index is -0.175. The molecule has 7 nitrogen and oxygen atoms in total. The van der Waals surface area contributed by atoms with Gasteiger partial charge in [0.2, 0.25) is 0 Å². The van der Waals surface area contributed by atoms with Gasteiger partial charge in [-0.25, -0.2) is 4.68 Å². The Morgan fingerprint density at radius 3 is 2.86 bits per heavy atom. The monoisotopic (exact) mass is 380 g/mol. The number of aromatic nitrogens is 2. The number of amides is 1. The second-order valence-electron chi connectivity index (χ2n) is 6.89.